The summed E-state index contributed by atoms with van der Waals surface area (Å²) in [6.45, 7) is 0.602. The van der Waals surface area contributed by atoms with Crippen LogP contribution in [0.1, 0.15) is 27.4 Å². The first-order chi connectivity index (χ1) is 9.22. The Morgan fingerprint density at radius 1 is 1.37 bits per heavy atom. The van der Waals surface area contributed by atoms with E-state index in [0.29, 0.717) is 17.9 Å². The molecule has 96 valence electrons. The van der Waals surface area contributed by atoms with E-state index in [1.165, 1.54) is 0 Å². The highest BCUT2D eigenvalue weighted by atomic mass is 16.4. The second-order valence-corrected chi connectivity index (χ2v) is 3.96. The number of carbonyl (C=O) groups excluding carboxylic acids is 1. The SMILES string of the molecule is N#Cc1cccc(CNC(=O)c2ccc(CN)o2)c1. The molecule has 0 aliphatic carbocycles. The molecule has 0 radical (unpaired) electrons. The minimum Gasteiger partial charge on any atom is -0.455 e. The zero-order chi connectivity index (χ0) is 13.7. The molecule has 3 N–H and O–H groups in total. The van der Waals surface area contributed by atoms with Gasteiger partial charge in [-0.1, -0.05) is 12.1 Å². The minimum absolute atomic E-state index is 0.233. The monoisotopic (exact) mass is 255 g/mol. The summed E-state index contributed by atoms with van der Waals surface area (Å²) in [5, 5.41) is 11.5. The van der Waals surface area contributed by atoms with Crippen LogP contribution in [-0.2, 0) is 13.1 Å². The number of nitriles is 1. The van der Waals surface area contributed by atoms with Crippen LogP contribution in [0.5, 0.6) is 0 Å². The molecule has 2 rings (SSSR count). The highest BCUT2D eigenvalue weighted by molar-refractivity contribution is 5.91. The predicted octanol–water partition coefficient (Wildman–Crippen LogP) is 1.54. The van der Waals surface area contributed by atoms with E-state index in [0.717, 1.165) is 5.56 Å². The van der Waals surface area contributed by atoms with E-state index in [4.69, 9.17) is 15.4 Å². The number of benzene rings is 1. The van der Waals surface area contributed by atoms with Crippen molar-refractivity contribution in [2.45, 2.75) is 13.1 Å². The fourth-order valence-electron chi connectivity index (χ4n) is 1.63. The van der Waals surface area contributed by atoms with Gasteiger partial charge in [0.2, 0.25) is 0 Å². The standard InChI is InChI=1S/C14H13N3O2/c15-7-10-2-1-3-11(6-10)9-17-14(18)13-5-4-12(8-16)19-13/h1-6H,8-9,16H2,(H,17,18). The first-order valence-electron chi connectivity index (χ1n) is 5.79. The van der Waals surface area contributed by atoms with Crippen molar-refractivity contribution in [2.24, 2.45) is 5.73 Å². The number of hydrogen-bond acceptors (Lipinski definition) is 4. The molecule has 19 heavy (non-hydrogen) atoms. The zero-order valence-electron chi connectivity index (χ0n) is 10.2. The van der Waals surface area contributed by atoms with Crippen molar-refractivity contribution in [3.63, 3.8) is 0 Å². The Bertz CT molecular complexity index is 626. The Morgan fingerprint density at radius 3 is 2.89 bits per heavy atom. The van der Waals surface area contributed by atoms with Gasteiger partial charge in [-0.2, -0.15) is 5.26 Å². The summed E-state index contributed by atoms with van der Waals surface area (Å²) < 4.78 is 5.24. The van der Waals surface area contributed by atoms with Gasteiger partial charge >= 0.3 is 0 Å². The third-order valence-corrected chi connectivity index (χ3v) is 2.60. The maximum absolute atomic E-state index is 11.8. The summed E-state index contributed by atoms with van der Waals surface area (Å²) in [5.74, 6) is 0.496. The van der Waals surface area contributed by atoms with E-state index in [2.05, 4.69) is 11.4 Å². The molecular weight excluding hydrogens is 242 g/mol. The van der Waals surface area contributed by atoms with E-state index >= 15 is 0 Å². The van der Waals surface area contributed by atoms with Gasteiger partial charge in [-0.05, 0) is 29.8 Å². The van der Waals surface area contributed by atoms with Crippen LogP contribution in [0.4, 0.5) is 0 Å². The number of hydrogen-bond donors (Lipinski definition) is 2. The lowest BCUT2D eigenvalue weighted by atomic mass is 10.1. The van der Waals surface area contributed by atoms with Gasteiger partial charge in [0, 0.05) is 6.54 Å². The third-order valence-electron chi connectivity index (χ3n) is 2.60. The number of nitrogens with one attached hydrogen (secondary N) is 1. The highest BCUT2D eigenvalue weighted by Crippen LogP contribution is 2.08. The van der Waals surface area contributed by atoms with Crippen molar-refractivity contribution in [1.29, 1.82) is 5.26 Å². The predicted molar refractivity (Wildman–Crippen MR) is 68.9 cm³/mol. The molecule has 1 heterocycles. The first-order valence-corrected chi connectivity index (χ1v) is 5.79. The largest absolute Gasteiger partial charge is 0.455 e. The van der Waals surface area contributed by atoms with E-state index in [-0.39, 0.29) is 18.2 Å². The highest BCUT2D eigenvalue weighted by Gasteiger charge is 2.10. The van der Waals surface area contributed by atoms with Crippen LogP contribution in [-0.4, -0.2) is 5.91 Å². The summed E-state index contributed by atoms with van der Waals surface area (Å²) in [7, 11) is 0. The molecule has 0 aliphatic rings. The zero-order valence-corrected chi connectivity index (χ0v) is 10.2. The molecule has 0 unspecified atom stereocenters. The molecule has 5 heteroatoms. The quantitative estimate of drug-likeness (QED) is 0.866. The Labute approximate surface area is 110 Å². The van der Waals surface area contributed by atoms with Crippen molar-refractivity contribution in [3.05, 3.63) is 59.0 Å². The van der Waals surface area contributed by atoms with Gasteiger partial charge in [-0.3, -0.25) is 4.79 Å². The molecule has 0 spiro atoms. The molecule has 0 saturated carbocycles. The van der Waals surface area contributed by atoms with Crippen LogP contribution in [0.25, 0.3) is 0 Å². The van der Waals surface area contributed by atoms with Crippen LogP contribution in [0.15, 0.2) is 40.8 Å². The van der Waals surface area contributed by atoms with Crippen LogP contribution >= 0.6 is 0 Å². The van der Waals surface area contributed by atoms with Gasteiger partial charge in [0.1, 0.15) is 5.76 Å². The van der Waals surface area contributed by atoms with Crippen LogP contribution in [0.3, 0.4) is 0 Å². The third kappa shape index (κ3) is 3.21. The molecular formula is C14H13N3O2. The average Bonchev–Trinajstić information content (AvgIpc) is 2.94. The fraction of sp³-hybridized carbons (Fsp3) is 0.143. The lowest BCUT2D eigenvalue weighted by molar-refractivity contribution is 0.0921. The first kappa shape index (κ1) is 12.9. The maximum Gasteiger partial charge on any atom is 0.287 e. The number of nitrogens with zero attached hydrogens (tertiary/aromatic N) is 1. The molecule has 1 amide bonds. The van der Waals surface area contributed by atoms with Gasteiger partial charge in [-0.15, -0.1) is 0 Å². The van der Waals surface area contributed by atoms with Crippen molar-refractivity contribution in [3.8, 4) is 6.07 Å². The van der Waals surface area contributed by atoms with Crippen LogP contribution in [0, 0.1) is 11.3 Å². The minimum atomic E-state index is -0.304. The number of nitrogens with two attached hydrogens (primary N) is 1. The lowest BCUT2D eigenvalue weighted by Gasteiger charge is -2.03. The van der Waals surface area contributed by atoms with E-state index in [1.54, 1.807) is 30.3 Å². The molecule has 5 nitrogen and oxygen atoms in total. The summed E-state index contributed by atoms with van der Waals surface area (Å²) in [5.41, 5.74) is 6.83. The summed E-state index contributed by atoms with van der Waals surface area (Å²) in [6, 6.07) is 12.4. The molecule has 1 aromatic heterocycles. The lowest BCUT2D eigenvalue weighted by Crippen LogP contribution is -2.22. The van der Waals surface area contributed by atoms with Crippen LogP contribution in [0.2, 0.25) is 0 Å². The molecule has 0 fully saturated rings. The van der Waals surface area contributed by atoms with Crippen molar-refractivity contribution in [1.82, 2.24) is 5.32 Å². The molecule has 0 saturated heterocycles. The van der Waals surface area contributed by atoms with Gasteiger partial charge < -0.3 is 15.5 Å². The maximum atomic E-state index is 11.8. The van der Waals surface area contributed by atoms with Gasteiger partial charge in [0.25, 0.3) is 5.91 Å². The number of furan rings is 1. The van der Waals surface area contributed by atoms with E-state index in [9.17, 15) is 4.79 Å². The topological polar surface area (TPSA) is 92.0 Å². The molecule has 2 aromatic rings. The van der Waals surface area contributed by atoms with Gasteiger partial charge in [0.05, 0.1) is 18.2 Å². The number of amides is 1. The van der Waals surface area contributed by atoms with Crippen molar-refractivity contribution >= 4 is 5.91 Å². The average molecular weight is 255 g/mol. The Balaban J connectivity index is 1.98. The Hall–Kier alpha value is -2.58. The van der Waals surface area contributed by atoms with Crippen molar-refractivity contribution in [2.75, 3.05) is 0 Å². The smallest absolute Gasteiger partial charge is 0.287 e. The van der Waals surface area contributed by atoms with Gasteiger partial charge in [0.15, 0.2) is 5.76 Å². The second kappa shape index (κ2) is 5.85. The van der Waals surface area contributed by atoms with E-state index in [1.807, 2.05) is 6.07 Å². The normalized spacial score (nSPS) is 9.89. The summed E-state index contributed by atoms with van der Waals surface area (Å²) in [6.07, 6.45) is 0. The Morgan fingerprint density at radius 2 is 2.21 bits per heavy atom. The Kier molecular flexibility index (Phi) is 3.96. The summed E-state index contributed by atoms with van der Waals surface area (Å²) >= 11 is 0. The van der Waals surface area contributed by atoms with Gasteiger partial charge in [-0.25, -0.2) is 0 Å². The second-order valence-electron chi connectivity index (χ2n) is 3.96. The van der Waals surface area contributed by atoms with Crippen molar-refractivity contribution < 1.29 is 9.21 Å². The molecule has 0 bridgehead atoms. The molecule has 0 aliphatic heterocycles. The summed E-state index contributed by atoms with van der Waals surface area (Å²) in [4.78, 5) is 11.8. The molecule has 1 aromatic carbocycles. The van der Waals surface area contributed by atoms with Crippen LogP contribution < -0.4 is 11.1 Å². The number of carbonyl (C=O) groups is 1. The fourth-order valence-corrected chi connectivity index (χ4v) is 1.63. The molecule has 0 atom stereocenters. The number of rotatable bonds is 4. The van der Waals surface area contributed by atoms with E-state index < -0.39 is 0 Å².